The molecule has 0 amide bonds. The topological polar surface area (TPSA) is 54.2 Å². The first-order valence-electron chi connectivity index (χ1n) is 6.38. The highest BCUT2D eigenvalue weighted by Crippen LogP contribution is 2.25. The summed E-state index contributed by atoms with van der Waals surface area (Å²) < 4.78 is 5.08. The molecule has 0 aromatic carbocycles. The number of nitrogens with one attached hydrogen (secondary N) is 1. The van der Waals surface area contributed by atoms with Gasteiger partial charge in [-0.05, 0) is 24.6 Å². The van der Waals surface area contributed by atoms with E-state index in [9.17, 15) is 0 Å². The van der Waals surface area contributed by atoms with Crippen molar-refractivity contribution in [2.75, 3.05) is 19.4 Å². The molecule has 1 N–H and O–H groups in total. The third-order valence-corrected chi connectivity index (χ3v) is 3.86. The molecule has 3 aromatic heterocycles. The summed E-state index contributed by atoms with van der Waals surface area (Å²) in [6.45, 7) is 1.52. The number of hydrogen-bond acceptors (Lipinski definition) is 6. The molecular weight excluding hydrogens is 272 g/mol. The maximum absolute atomic E-state index is 5.08. The van der Waals surface area contributed by atoms with Crippen molar-refractivity contribution < 1.29 is 4.42 Å². The predicted molar refractivity (Wildman–Crippen MR) is 80.8 cm³/mol. The van der Waals surface area contributed by atoms with Crippen molar-refractivity contribution >= 4 is 27.4 Å². The second-order valence-electron chi connectivity index (χ2n) is 4.68. The SMILES string of the molecule is CNc1nc(CN(C)Cc2ccoc2)nc2sccc12. The van der Waals surface area contributed by atoms with Crippen LogP contribution in [0.25, 0.3) is 10.2 Å². The zero-order valence-corrected chi connectivity index (χ0v) is 12.3. The van der Waals surface area contributed by atoms with Crippen molar-refractivity contribution in [1.29, 1.82) is 0 Å². The monoisotopic (exact) mass is 288 g/mol. The van der Waals surface area contributed by atoms with Gasteiger partial charge >= 0.3 is 0 Å². The van der Waals surface area contributed by atoms with Gasteiger partial charge in [-0.1, -0.05) is 0 Å². The van der Waals surface area contributed by atoms with Crippen LogP contribution in [-0.2, 0) is 13.1 Å². The largest absolute Gasteiger partial charge is 0.472 e. The zero-order chi connectivity index (χ0) is 13.9. The maximum atomic E-state index is 5.08. The first kappa shape index (κ1) is 13.1. The van der Waals surface area contributed by atoms with E-state index in [2.05, 4.69) is 20.2 Å². The van der Waals surface area contributed by atoms with Crippen LogP contribution in [0.4, 0.5) is 5.82 Å². The van der Waals surface area contributed by atoms with Crippen LogP contribution >= 0.6 is 11.3 Å². The minimum Gasteiger partial charge on any atom is -0.472 e. The summed E-state index contributed by atoms with van der Waals surface area (Å²) in [4.78, 5) is 12.4. The average Bonchev–Trinajstić information content (AvgIpc) is 3.08. The van der Waals surface area contributed by atoms with E-state index in [4.69, 9.17) is 4.42 Å². The third kappa shape index (κ3) is 2.66. The minimum absolute atomic E-state index is 0.702. The summed E-state index contributed by atoms with van der Waals surface area (Å²) in [5, 5.41) is 6.26. The van der Waals surface area contributed by atoms with Gasteiger partial charge in [0.05, 0.1) is 24.5 Å². The second kappa shape index (κ2) is 5.60. The standard InChI is InChI=1S/C14H16N4OS/c1-15-13-11-4-6-20-14(11)17-12(16-13)8-18(2)7-10-3-5-19-9-10/h3-6,9H,7-8H2,1-2H3,(H,15,16,17). The molecule has 0 bridgehead atoms. The highest BCUT2D eigenvalue weighted by molar-refractivity contribution is 7.16. The summed E-state index contributed by atoms with van der Waals surface area (Å²) >= 11 is 1.64. The third-order valence-electron chi connectivity index (χ3n) is 3.05. The van der Waals surface area contributed by atoms with Crippen molar-refractivity contribution in [2.45, 2.75) is 13.1 Å². The van der Waals surface area contributed by atoms with Gasteiger partial charge in [-0.25, -0.2) is 9.97 Å². The van der Waals surface area contributed by atoms with Crippen molar-refractivity contribution in [3.05, 3.63) is 41.4 Å². The number of hydrogen-bond donors (Lipinski definition) is 1. The number of aromatic nitrogens is 2. The molecule has 0 spiro atoms. The van der Waals surface area contributed by atoms with E-state index >= 15 is 0 Å². The van der Waals surface area contributed by atoms with Gasteiger partial charge in [-0.15, -0.1) is 11.3 Å². The van der Waals surface area contributed by atoms with Gasteiger partial charge in [0.1, 0.15) is 16.5 Å². The highest BCUT2D eigenvalue weighted by Gasteiger charge is 2.10. The van der Waals surface area contributed by atoms with E-state index in [0.29, 0.717) is 6.54 Å². The lowest BCUT2D eigenvalue weighted by molar-refractivity contribution is 0.310. The van der Waals surface area contributed by atoms with Gasteiger partial charge < -0.3 is 9.73 Å². The zero-order valence-electron chi connectivity index (χ0n) is 11.5. The molecule has 0 radical (unpaired) electrons. The van der Waals surface area contributed by atoms with Crippen LogP contribution in [0.1, 0.15) is 11.4 Å². The van der Waals surface area contributed by atoms with Gasteiger partial charge in [0.15, 0.2) is 0 Å². The Morgan fingerprint density at radius 3 is 2.95 bits per heavy atom. The van der Waals surface area contributed by atoms with E-state index in [-0.39, 0.29) is 0 Å². The Bertz CT molecular complexity index is 692. The summed E-state index contributed by atoms with van der Waals surface area (Å²) in [5.74, 6) is 1.72. The van der Waals surface area contributed by atoms with E-state index < -0.39 is 0 Å². The van der Waals surface area contributed by atoms with Crippen molar-refractivity contribution in [1.82, 2.24) is 14.9 Å². The van der Waals surface area contributed by atoms with Crippen LogP contribution in [0.15, 0.2) is 34.5 Å². The fourth-order valence-electron chi connectivity index (χ4n) is 2.15. The van der Waals surface area contributed by atoms with Gasteiger partial charge in [0.25, 0.3) is 0 Å². The molecular formula is C14H16N4OS. The Balaban J connectivity index is 1.79. The molecule has 6 heteroatoms. The molecule has 0 saturated heterocycles. The van der Waals surface area contributed by atoms with Gasteiger partial charge in [-0.2, -0.15) is 0 Å². The first-order valence-corrected chi connectivity index (χ1v) is 7.25. The summed E-state index contributed by atoms with van der Waals surface area (Å²) in [6.07, 6.45) is 3.45. The van der Waals surface area contributed by atoms with Crippen molar-refractivity contribution in [2.24, 2.45) is 0 Å². The molecule has 3 heterocycles. The number of thiophene rings is 1. The lowest BCUT2D eigenvalue weighted by Crippen LogP contribution is -2.18. The number of anilines is 1. The Hall–Kier alpha value is -1.92. The van der Waals surface area contributed by atoms with E-state index in [0.717, 1.165) is 34.0 Å². The molecule has 0 aliphatic carbocycles. The van der Waals surface area contributed by atoms with Gasteiger partial charge in [0, 0.05) is 19.2 Å². The first-order chi connectivity index (χ1) is 9.76. The normalized spacial score (nSPS) is 11.3. The molecule has 0 fully saturated rings. The molecule has 0 atom stereocenters. The average molecular weight is 288 g/mol. The maximum Gasteiger partial charge on any atom is 0.146 e. The second-order valence-corrected chi connectivity index (χ2v) is 5.58. The van der Waals surface area contributed by atoms with Gasteiger partial charge in [-0.3, -0.25) is 4.90 Å². The summed E-state index contributed by atoms with van der Waals surface area (Å²) in [6, 6.07) is 4.02. The Kier molecular flexibility index (Phi) is 3.66. The Labute approximate surface area is 121 Å². The van der Waals surface area contributed by atoms with Crippen molar-refractivity contribution in [3.8, 4) is 0 Å². The molecule has 104 valence electrons. The molecule has 0 aliphatic heterocycles. The van der Waals surface area contributed by atoms with Crippen LogP contribution in [0.5, 0.6) is 0 Å². The molecule has 0 unspecified atom stereocenters. The molecule has 20 heavy (non-hydrogen) atoms. The summed E-state index contributed by atoms with van der Waals surface area (Å²) in [5.41, 5.74) is 1.15. The number of fused-ring (bicyclic) bond motifs is 1. The van der Waals surface area contributed by atoms with Crippen LogP contribution < -0.4 is 5.32 Å². The fraction of sp³-hybridized carbons (Fsp3) is 0.286. The Morgan fingerprint density at radius 2 is 2.20 bits per heavy atom. The molecule has 3 rings (SSSR count). The van der Waals surface area contributed by atoms with Crippen LogP contribution in [0.2, 0.25) is 0 Å². The lowest BCUT2D eigenvalue weighted by atomic mass is 10.3. The van der Waals surface area contributed by atoms with Crippen LogP contribution in [0.3, 0.4) is 0 Å². The van der Waals surface area contributed by atoms with Crippen LogP contribution in [-0.4, -0.2) is 29.0 Å². The van der Waals surface area contributed by atoms with E-state index in [1.807, 2.05) is 31.6 Å². The molecule has 3 aromatic rings. The minimum atomic E-state index is 0.702. The molecule has 0 aliphatic rings. The summed E-state index contributed by atoms with van der Waals surface area (Å²) in [7, 11) is 3.94. The number of rotatable bonds is 5. The Morgan fingerprint density at radius 1 is 1.30 bits per heavy atom. The lowest BCUT2D eigenvalue weighted by Gasteiger charge is -2.15. The quantitative estimate of drug-likeness (QED) is 0.782. The molecule has 5 nitrogen and oxygen atoms in total. The molecule has 0 saturated carbocycles. The van der Waals surface area contributed by atoms with Crippen LogP contribution in [0, 0.1) is 0 Å². The number of furan rings is 1. The van der Waals surface area contributed by atoms with E-state index in [1.54, 1.807) is 23.9 Å². The fourth-order valence-corrected chi connectivity index (χ4v) is 2.94. The highest BCUT2D eigenvalue weighted by atomic mass is 32.1. The predicted octanol–water partition coefficient (Wildman–Crippen LogP) is 2.96. The van der Waals surface area contributed by atoms with E-state index in [1.165, 1.54) is 0 Å². The van der Waals surface area contributed by atoms with Crippen molar-refractivity contribution in [3.63, 3.8) is 0 Å². The van der Waals surface area contributed by atoms with Gasteiger partial charge in [0.2, 0.25) is 0 Å². The number of nitrogens with zero attached hydrogens (tertiary/aromatic N) is 3. The smallest absolute Gasteiger partial charge is 0.146 e.